The van der Waals surface area contributed by atoms with Gasteiger partial charge in [-0.05, 0) is 49.4 Å². The summed E-state index contributed by atoms with van der Waals surface area (Å²) in [5.41, 5.74) is 0. The molecule has 0 heterocycles. The van der Waals surface area contributed by atoms with Crippen LogP contribution in [0.3, 0.4) is 0 Å². The summed E-state index contributed by atoms with van der Waals surface area (Å²) >= 11 is 0. The summed E-state index contributed by atoms with van der Waals surface area (Å²) < 4.78 is 68.4. The van der Waals surface area contributed by atoms with Crippen molar-refractivity contribution < 1.29 is 80.2 Å². The molecule has 0 saturated heterocycles. The van der Waals surface area contributed by atoms with E-state index in [-0.39, 0.29) is 25.7 Å². The van der Waals surface area contributed by atoms with Crippen molar-refractivity contribution in [2.75, 3.05) is 39.6 Å². The second-order valence-electron chi connectivity index (χ2n) is 28.6. The van der Waals surface area contributed by atoms with Crippen LogP contribution in [0.25, 0.3) is 0 Å². The van der Waals surface area contributed by atoms with Gasteiger partial charge in [0.1, 0.15) is 19.3 Å². The molecule has 93 heavy (non-hydrogen) atoms. The van der Waals surface area contributed by atoms with Crippen molar-refractivity contribution in [3.8, 4) is 0 Å². The first-order chi connectivity index (χ1) is 44.6. The maximum atomic E-state index is 13.1. The molecule has 0 aliphatic rings. The standard InChI is InChI=1S/C74H144O17P2/c1-64(2)50-42-34-26-20-15-12-10-9-11-13-17-24-30-40-48-56-73(78)90-69(60-84-71(76)54-46-38-29-23-18-14-16-21-27-35-43-51-65(3)4)62-88-92(80,81)86-58-68(75)59-87-93(82,83)89-63-70(61-85-72(77)55-47-39-33-32-37-45-53-67(7)8)91-74(79)57-49-41-31-25-19-22-28-36-44-52-66(5)6/h64-70,75H,9-63H2,1-8H3,(H,80,81)(H,82,83)/t68-,69-,70-/m1/s1. The molecule has 0 aromatic carbocycles. The average Bonchev–Trinajstić information content (AvgIpc) is 3.44. The summed E-state index contributed by atoms with van der Waals surface area (Å²) in [6.07, 6.45) is 47.4. The minimum Gasteiger partial charge on any atom is -0.462 e. The smallest absolute Gasteiger partial charge is 0.462 e. The summed E-state index contributed by atoms with van der Waals surface area (Å²) in [7, 11) is -9.91. The molecule has 19 heteroatoms. The van der Waals surface area contributed by atoms with Gasteiger partial charge in [-0.15, -0.1) is 0 Å². The maximum absolute atomic E-state index is 13.1. The topological polar surface area (TPSA) is 237 Å². The van der Waals surface area contributed by atoms with Gasteiger partial charge in [-0.2, -0.15) is 0 Å². The molecule has 0 bridgehead atoms. The van der Waals surface area contributed by atoms with Gasteiger partial charge in [0.2, 0.25) is 0 Å². The van der Waals surface area contributed by atoms with E-state index < -0.39 is 97.5 Å². The molecule has 0 radical (unpaired) electrons. The highest BCUT2D eigenvalue weighted by atomic mass is 31.2. The summed E-state index contributed by atoms with van der Waals surface area (Å²) in [5, 5.41) is 10.6. The van der Waals surface area contributed by atoms with E-state index >= 15 is 0 Å². The Labute approximate surface area is 568 Å². The van der Waals surface area contributed by atoms with Crippen LogP contribution in [0.1, 0.15) is 370 Å². The molecule has 0 fully saturated rings. The number of carbonyl (C=O) groups excluding carboxylic acids is 4. The largest absolute Gasteiger partial charge is 0.472 e. The lowest BCUT2D eigenvalue weighted by atomic mass is 10.0. The Kier molecular flexibility index (Phi) is 62.2. The third kappa shape index (κ3) is 68.4. The molecule has 0 aliphatic carbocycles. The SMILES string of the molecule is CC(C)CCCCCCCCCCCCCCCCCC(=O)O[C@H](COC(=O)CCCCCCCCCCCCCC(C)C)COP(=O)(O)OC[C@@H](O)COP(=O)(O)OC[C@@H](COC(=O)CCCCCCCCC(C)C)OC(=O)CCCCCCCCCCCC(C)C. The van der Waals surface area contributed by atoms with Crippen molar-refractivity contribution in [3.63, 3.8) is 0 Å². The van der Waals surface area contributed by atoms with Crippen LogP contribution in [0.4, 0.5) is 0 Å². The first-order valence-corrected chi connectivity index (χ1v) is 41.2. The summed E-state index contributed by atoms with van der Waals surface area (Å²) in [6, 6.07) is 0. The molecule has 0 saturated carbocycles. The van der Waals surface area contributed by atoms with E-state index in [2.05, 4.69) is 55.4 Å². The predicted molar refractivity (Wildman–Crippen MR) is 377 cm³/mol. The number of hydrogen-bond acceptors (Lipinski definition) is 15. The second kappa shape index (κ2) is 63.5. The van der Waals surface area contributed by atoms with E-state index in [1.165, 1.54) is 167 Å². The van der Waals surface area contributed by atoms with Gasteiger partial charge in [0.15, 0.2) is 12.2 Å². The highest BCUT2D eigenvalue weighted by Gasteiger charge is 2.30. The van der Waals surface area contributed by atoms with Crippen molar-refractivity contribution in [1.82, 2.24) is 0 Å². The predicted octanol–water partition coefficient (Wildman–Crippen LogP) is 21.3. The van der Waals surface area contributed by atoms with Crippen LogP contribution in [0.15, 0.2) is 0 Å². The minimum atomic E-state index is -4.96. The molecule has 3 N–H and O–H groups in total. The zero-order valence-electron chi connectivity index (χ0n) is 60.9. The fourth-order valence-electron chi connectivity index (χ4n) is 11.2. The monoisotopic (exact) mass is 1370 g/mol. The van der Waals surface area contributed by atoms with Gasteiger partial charge in [0, 0.05) is 25.7 Å². The number of unbranched alkanes of at least 4 members (excludes halogenated alkanes) is 37. The van der Waals surface area contributed by atoms with Gasteiger partial charge >= 0.3 is 39.5 Å². The van der Waals surface area contributed by atoms with Gasteiger partial charge in [0.25, 0.3) is 0 Å². The Morgan fingerprint density at radius 1 is 0.269 bits per heavy atom. The van der Waals surface area contributed by atoms with Gasteiger partial charge in [-0.3, -0.25) is 37.3 Å². The lowest BCUT2D eigenvalue weighted by Gasteiger charge is -2.21. The van der Waals surface area contributed by atoms with Gasteiger partial charge < -0.3 is 33.8 Å². The van der Waals surface area contributed by atoms with Crippen molar-refractivity contribution in [3.05, 3.63) is 0 Å². The zero-order chi connectivity index (χ0) is 68.9. The Balaban J connectivity index is 5.24. The van der Waals surface area contributed by atoms with Gasteiger partial charge in [-0.25, -0.2) is 9.13 Å². The van der Waals surface area contributed by atoms with E-state index in [4.69, 9.17) is 37.0 Å². The molecule has 5 atom stereocenters. The quantitative estimate of drug-likeness (QED) is 0.0222. The van der Waals surface area contributed by atoms with Crippen LogP contribution in [-0.2, 0) is 65.4 Å². The highest BCUT2D eigenvalue weighted by molar-refractivity contribution is 7.47. The molecule has 0 aromatic heterocycles. The molecule has 0 spiro atoms. The van der Waals surface area contributed by atoms with Crippen molar-refractivity contribution in [1.29, 1.82) is 0 Å². The van der Waals surface area contributed by atoms with Crippen LogP contribution in [-0.4, -0.2) is 96.7 Å². The number of aliphatic hydroxyl groups excluding tert-OH is 1. The van der Waals surface area contributed by atoms with Crippen LogP contribution >= 0.6 is 15.6 Å². The lowest BCUT2D eigenvalue weighted by molar-refractivity contribution is -0.161. The molecule has 0 amide bonds. The first kappa shape index (κ1) is 91.1. The second-order valence-corrected chi connectivity index (χ2v) is 31.5. The number of hydrogen-bond donors (Lipinski definition) is 3. The van der Waals surface area contributed by atoms with Gasteiger partial charge in [-0.1, -0.05) is 319 Å². The van der Waals surface area contributed by atoms with E-state index in [0.29, 0.717) is 31.6 Å². The number of rotatable bonds is 71. The number of ether oxygens (including phenoxy) is 4. The molecule has 17 nitrogen and oxygen atoms in total. The van der Waals surface area contributed by atoms with E-state index in [1.807, 2.05) is 0 Å². The Bertz CT molecular complexity index is 1830. The summed E-state index contributed by atoms with van der Waals surface area (Å²) in [6.45, 7) is 14.1. The Hall–Kier alpha value is -1.94. The fraction of sp³-hybridized carbons (Fsp3) is 0.946. The number of phosphoric acid groups is 2. The van der Waals surface area contributed by atoms with Crippen molar-refractivity contribution in [2.45, 2.75) is 388 Å². The van der Waals surface area contributed by atoms with Crippen molar-refractivity contribution in [2.24, 2.45) is 23.7 Å². The minimum absolute atomic E-state index is 0.104. The van der Waals surface area contributed by atoms with E-state index in [0.717, 1.165) is 114 Å². The number of carbonyl (C=O) groups is 4. The zero-order valence-corrected chi connectivity index (χ0v) is 62.7. The van der Waals surface area contributed by atoms with E-state index in [1.54, 1.807) is 0 Å². The lowest BCUT2D eigenvalue weighted by Crippen LogP contribution is -2.30. The van der Waals surface area contributed by atoms with Crippen LogP contribution in [0, 0.1) is 23.7 Å². The average molecular weight is 1370 g/mol. The first-order valence-electron chi connectivity index (χ1n) is 38.2. The Morgan fingerprint density at radius 3 is 0.667 bits per heavy atom. The Morgan fingerprint density at radius 2 is 0.452 bits per heavy atom. The molecular weight excluding hydrogens is 1220 g/mol. The molecule has 0 aromatic rings. The number of phosphoric ester groups is 2. The van der Waals surface area contributed by atoms with E-state index in [9.17, 15) is 43.2 Å². The van der Waals surface area contributed by atoms with Gasteiger partial charge in [0.05, 0.1) is 26.4 Å². The summed E-state index contributed by atoms with van der Waals surface area (Å²) in [5.74, 6) is 0.864. The van der Waals surface area contributed by atoms with Crippen LogP contribution < -0.4 is 0 Å². The maximum Gasteiger partial charge on any atom is 0.472 e. The molecule has 2 unspecified atom stereocenters. The number of esters is 4. The van der Waals surface area contributed by atoms with Crippen LogP contribution in [0.2, 0.25) is 0 Å². The third-order valence-corrected chi connectivity index (χ3v) is 19.0. The van der Waals surface area contributed by atoms with Crippen molar-refractivity contribution >= 4 is 39.5 Å². The molecule has 0 aliphatic heterocycles. The molecular formula is C74H144O17P2. The summed E-state index contributed by atoms with van der Waals surface area (Å²) in [4.78, 5) is 72.7. The van der Waals surface area contributed by atoms with Crippen LogP contribution in [0.5, 0.6) is 0 Å². The fourth-order valence-corrected chi connectivity index (χ4v) is 12.8. The highest BCUT2D eigenvalue weighted by Crippen LogP contribution is 2.45. The number of aliphatic hydroxyl groups is 1. The normalized spacial score (nSPS) is 14.2. The molecule has 552 valence electrons. The molecule has 0 rings (SSSR count). The third-order valence-electron chi connectivity index (χ3n) is 17.1.